The molecule has 12 heavy (non-hydrogen) atoms. The van der Waals surface area contributed by atoms with Crippen molar-refractivity contribution >= 4 is 0 Å². The number of hydrogen-bond acceptors (Lipinski definition) is 1. The molecule has 0 heterocycles. The molecule has 4 atom stereocenters. The van der Waals surface area contributed by atoms with Crippen molar-refractivity contribution in [3.05, 3.63) is 0 Å². The van der Waals surface area contributed by atoms with Gasteiger partial charge in [-0.15, -0.1) is 0 Å². The van der Waals surface area contributed by atoms with Crippen LogP contribution in [0, 0.1) is 23.2 Å². The molecule has 0 saturated heterocycles. The highest BCUT2D eigenvalue weighted by Gasteiger charge is 2.55. The molecule has 1 heteroatoms. The molecule has 0 aromatic carbocycles. The number of nitrogens with one attached hydrogen (secondary N) is 1. The molecule has 0 amide bonds. The standard InChI is InChI=1S/C11H21N/c1-7-9-5-8(11(9,2)3)6-10(7)12-4/h7-10,12H,5-6H2,1-4H3/t7?,8-,9+,10?/m0/s1. The van der Waals surface area contributed by atoms with E-state index in [4.69, 9.17) is 0 Å². The van der Waals surface area contributed by atoms with Gasteiger partial charge in [0.25, 0.3) is 0 Å². The summed E-state index contributed by atoms with van der Waals surface area (Å²) in [5, 5.41) is 3.45. The molecule has 0 aliphatic heterocycles. The van der Waals surface area contributed by atoms with E-state index < -0.39 is 0 Å². The first kappa shape index (κ1) is 8.55. The first-order valence-electron chi connectivity index (χ1n) is 5.24. The quantitative estimate of drug-likeness (QED) is 0.632. The monoisotopic (exact) mass is 167 g/mol. The van der Waals surface area contributed by atoms with E-state index in [2.05, 4.69) is 33.1 Å². The second kappa shape index (κ2) is 2.47. The zero-order valence-corrected chi connectivity index (χ0v) is 8.72. The van der Waals surface area contributed by atoms with Crippen molar-refractivity contribution in [1.29, 1.82) is 0 Å². The molecule has 0 spiro atoms. The predicted octanol–water partition coefficient (Wildman–Crippen LogP) is 2.28. The Balaban J connectivity index is 2.11. The molecule has 70 valence electrons. The van der Waals surface area contributed by atoms with Crippen LogP contribution in [0.3, 0.4) is 0 Å². The highest BCUT2D eigenvalue weighted by molar-refractivity contribution is 5.06. The van der Waals surface area contributed by atoms with E-state index in [1.165, 1.54) is 12.8 Å². The Morgan fingerprint density at radius 2 is 1.92 bits per heavy atom. The zero-order chi connectivity index (χ0) is 8.93. The predicted molar refractivity (Wildman–Crippen MR) is 52.0 cm³/mol. The molecule has 3 aliphatic rings. The minimum absolute atomic E-state index is 0.646. The van der Waals surface area contributed by atoms with Gasteiger partial charge in [0.05, 0.1) is 0 Å². The van der Waals surface area contributed by atoms with E-state index in [1.807, 2.05) is 0 Å². The van der Waals surface area contributed by atoms with E-state index in [1.54, 1.807) is 0 Å². The third-order valence-electron chi connectivity index (χ3n) is 4.72. The second-order valence-electron chi connectivity index (χ2n) is 5.35. The molecule has 0 radical (unpaired) electrons. The normalized spacial score (nSPS) is 50.0. The maximum Gasteiger partial charge on any atom is 0.00953 e. The molecular weight excluding hydrogens is 146 g/mol. The van der Waals surface area contributed by atoms with Crippen LogP contribution in [0.5, 0.6) is 0 Å². The van der Waals surface area contributed by atoms with Crippen LogP contribution in [0.25, 0.3) is 0 Å². The lowest BCUT2D eigenvalue weighted by molar-refractivity contribution is -0.113. The third kappa shape index (κ3) is 0.891. The lowest BCUT2D eigenvalue weighted by atomic mass is 9.45. The third-order valence-corrected chi connectivity index (χ3v) is 4.72. The van der Waals surface area contributed by atoms with Crippen LogP contribution in [0.1, 0.15) is 33.6 Å². The molecule has 2 bridgehead atoms. The molecule has 3 saturated carbocycles. The smallest absolute Gasteiger partial charge is 0.00953 e. The van der Waals surface area contributed by atoms with Crippen LogP contribution in [0.2, 0.25) is 0 Å². The summed E-state index contributed by atoms with van der Waals surface area (Å²) in [4.78, 5) is 0. The van der Waals surface area contributed by atoms with Gasteiger partial charge in [0.2, 0.25) is 0 Å². The van der Waals surface area contributed by atoms with Gasteiger partial charge < -0.3 is 5.32 Å². The van der Waals surface area contributed by atoms with Crippen LogP contribution in [0.4, 0.5) is 0 Å². The van der Waals surface area contributed by atoms with Crippen molar-refractivity contribution in [2.75, 3.05) is 7.05 Å². The van der Waals surface area contributed by atoms with Gasteiger partial charge in [-0.3, -0.25) is 0 Å². The van der Waals surface area contributed by atoms with Crippen LogP contribution in [-0.2, 0) is 0 Å². The fourth-order valence-corrected chi connectivity index (χ4v) is 3.53. The molecule has 2 unspecified atom stereocenters. The van der Waals surface area contributed by atoms with Crippen molar-refractivity contribution in [3.8, 4) is 0 Å². The summed E-state index contributed by atoms with van der Waals surface area (Å²) in [6, 6.07) is 0.793. The van der Waals surface area contributed by atoms with E-state index in [0.29, 0.717) is 5.41 Å². The van der Waals surface area contributed by atoms with Crippen LogP contribution < -0.4 is 5.32 Å². The summed E-state index contributed by atoms with van der Waals surface area (Å²) in [5.41, 5.74) is 0.646. The first-order valence-corrected chi connectivity index (χ1v) is 5.24. The van der Waals surface area contributed by atoms with E-state index in [0.717, 1.165) is 23.8 Å². The SMILES string of the molecule is CNC1C[C@@H]2C[C@H](C1C)C2(C)C. The summed E-state index contributed by atoms with van der Waals surface area (Å²) in [6.07, 6.45) is 2.90. The fraction of sp³-hybridized carbons (Fsp3) is 1.00. The Hall–Kier alpha value is -0.0400. The molecule has 3 rings (SSSR count). The molecule has 1 nitrogen and oxygen atoms in total. The van der Waals surface area contributed by atoms with Crippen LogP contribution in [0.15, 0.2) is 0 Å². The lowest BCUT2D eigenvalue weighted by Crippen LogP contribution is -2.59. The Morgan fingerprint density at radius 3 is 2.33 bits per heavy atom. The van der Waals surface area contributed by atoms with Gasteiger partial charge >= 0.3 is 0 Å². The maximum atomic E-state index is 3.45. The second-order valence-corrected chi connectivity index (χ2v) is 5.35. The summed E-state index contributed by atoms with van der Waals surface area (Å²) >= 11 is 0. The van der Waals surface area contributed by atoms with Gasteiger partial charge in [-0.25, -0.2) is 0 Å². The Labute approximate surface area is 75.9 Å². The minimum Gasteiger partial charge on any atom is -0.317 e. The van der Waals surface area contributed by atoms with Gasteiger partial charge in [-0.2, -0.15) is 0 Å². The van der Waals surface area contributed by atoms with Crippen molar-refractivity contribution in [3.63, 3.8) is 0 Å². The van der Waals surface area contributed by atoms with Crippen molar-refractivity contribution in [2.45, 2.75) is 39.7 Å². The van der Waals surface area contributed by atoms with E-state index in [9.17, 15) is 0 Å². The summed E-state index contributed by atoms with van der Waals surface area (Å²) in [5.74, 6) is 2.86. The summed E-state index contributed by atoms with van der Waals surface area (Å²) in [6.45, 7) is 7.32. The van der Waals surface area contributed by atoms with E-state index >= 15 is 0 Å². The maximum absolute atomic E-state index is 3.45. The molecular formula is C11H21N. The average Bonchev–Trinajstić information content (AvgIpc) is 2.03. The van der Waals surface area contributed by atoms with Gasteiger partial charge in [0, 0.05) is 6.04 Å². The van der Waals surface area contributed by atoms with E-state index in [-0.39, 0.29) is 0 Å². The summed E-state index contributed by atoms with van der Waals surface area (Å²) in [7, 11) is 2.11. The van der Waals surface area contributed by atoms with Crippen molar-refractivity contribution < 1.29 is 0 Å². The summed E-state index contributed by atoms with van der Waals surface area (Å²) < 4.78 is 0. The van der Waals surface area contributed by atoms with Gasteiger partial charge in [0.1, 0.15) is 0 Å². The van der Waals surface area contributed by atoms with Crippen molar-refractivity contribution in [1.82, 2.24) is 5.32 Å². The lowest BCUT2D eigenvalue weighted by Gasteiger charge is -2.62. The molecule has 0 aromatic heterocycles. The molecule has 3 aliphatic carbocycles. The van der Waals surface area contributed by atoms with Crippen LogP contribution in [-0.4, -0.2) is 13.1 Å². The zero-order valence-electron chi connectivity index (χ0n) is 8.72. The van der Waals surface area contributed by atoms with Gasteiger partial charge in [-0.05, 0) is 43.1 Å². The Kier molecular flexibility index (Phi) is 1.76. The highest BCUT2D eigenvalue weighted by atomic mass is 14.9. The average molecular weight is 167 g/mol. The fourth-order valence-electron chi connectivity index (χ4n) is 3.53. The number of rotatable bonds is 1. The largest absolute Gasteiger partial charge is 0.317 e. The minimum atomic E-state index is 0.646. The highest BCUT2D eigenvalue weighted by Crippen LogP contribution is 2.61. The first-order chi connectivity index (χ1) is 5.57. The van der Waals surface area contributed by atoms with Crippen molar-refractivity contribution in [2.24, 2.45) is 23.2 Å². The van der Waals surface area contributed by atoms with Gasteiger partial charge in [0.15, 0.2) is 0 Å². The molecule has 3 fully saturated rings. The number of hydrogen-bond donors (Lipinski definition) is 1. The topological polar surface area (TPSA) is 12.0 Å². The molecule has 1 N–H and O–H groups in total. The van der Waals surface area contributed by atoms with Crippen LogP contribution >= 0.6 is 0 Å². The number of fused-ring (bicyclic) bond motifs is 2. The Bertz CT molecular complexity index is 185. The Morgan fingerprint density at radius 1 is 1.25 bits per heavy atom. The van der Waals surface area contributed by atoms with Gasteiger partial charge in [-0.1, -0.05) is 20.8 Å². The molecule has 0 aromatic rings.